The molecule has 1 heterocycles. The van der Waals surface area contributed by atoms with E-state index in [9.17, 15) is 9.59 Å². The Hall–Kier alpha value is -2.99. The van der Waals surface area contributed by atoms with Gasteiger partial charge in [0.1, 0.15) is 5.78 Å². The molecule has 3 aromatic carbocycles. The summed E-state index contributed by atoms with van der Waals surface area (Å²) < 4.78 is 0. The third-order valence-electron chi connectivity index (χ3n) is 8.60. The molecular formula is C33H38ClN3O2. The number of Topliss-reactive ketones (excluding diaryl/α,β-unsaturated/α-hetero) is 1. The van der Waals surface area contributed by atoms with Crippen LogP contribution in [0.25, 0.3) is 0 Å². The summed E-state index contributed by atoms with van der Waals surface area (Å²) in [5.74, 6) is 0.520. The highest BCUT2D eigenvalue weighted by Crippen LogP contribution is 2.55. The maximum Gasteiger partial charge on any atom is 0.231 e. The van der Waals surface area contributed by atoms with Crippen molar-refractivity contribution in [3.8, 4) is 0 Å². The Labute approximate surface area is 236 Å². The maximum absolute atomic E-state index is 13.7. The van der Waals surface area contributed by atoms with E-state index < -0.39 is 5.41 Å². The molecule has 2 atom stereocenters. The summed E-state index contributed by atoms with van der Waals surface area (Å²) in [6.45, 7) is 5.35. The molecule has 0 bridgehead atoms. The van der Waals surface area contributed by atoms with Gasteiger partial charge in [-0.3, -0.25) is 9.59 Å². The highest BCUT2D eigenvalue weighted by molar-refractivity contribution is 6.30. The van der Waals surface area contributed by atoms with Gasteiger partial charge in [-0.25, -0.2) is 0 Å². The maximum atomic E-state index is 13.7. The fraction of sp³-hybridized carbons (Fsp3) is 0.394. The monoisotopic (exact) mass is 543 g/mol. The van der Waals surface area contributed by atoms with Gasteiger partial charge in [-0.05, 0) is 67.3 Å². The van der Waals surface area contributed by atoms with E-state index in [1.807, 2.05) is 48.5 Å². The molecule has 2 N–H and O–H groups in total. The SMILES string of the molecule is CC(=O)CNC1(c2ccccc2)CCN(C[C@@H]2C[C@@]2(C(=O)NCCc2ccccc2)c2ccc(Cl)cc2)CC1. The van der Waals surface area contributed by atoms with E-state index in [4.69, 9.17) is 11.6 Å². The predicted molar refractivity (Wildman–Crippen MR) is 157 cm³/mol. The number of nitrogens with zero attached hydrogens (tertiary/aromatic N) is 1. The Balaban J connectivity index is 1.25. The number of amides is 1. The average Bonchev–Trinajstić information content (AvgIpc) is 3.69. The molecule has 1 aliphatic carbocycles. The third-order valence-corrected chi connectivity index (χ3v) is 8.85. The van der Waals surface area contributed by atoms with Crippen LogP contribution in [-0.4, -0.2) is 49.3 Å². The topological polar surface area (TPSA) is 61.4 Å². The number of halogens is 1. The second-order valence-electron chi connectivity index (χ2n) is 11.2. The van der Waals surface area contributed by atoms with Crippen LogP contribution in [0.2, 0.25) is 5.02 Å². The van der Waals surface area contributed by atoms with Gasteiger partial charge in [-0.15, -0.1) is 0 Å². The third kappa shape index (κ3) is 6.27. The van der Waals surface area contributed by atoms with Gasteiger partial charge in [-0.1, -0.05) is 84.4 Å². The zero-order chi connectivity index (χ0) is 27.3. The average molecular weight is 544 g/mol. The Kier molecular flexibility index (Phi) is 8.51. The van der Waals surface area contributed by atoms with Crippen LogP contribution in [0.15, 0.2) is 84.9 Å². The number of piperidine rings is 1. The summed E-state index contributed by atoms with van der Waals surface area (Å²) in [5, 5.41) is 7.52. The van der Waals surface area contributed by atoms with Gasteiger partial charge in [0.05, 0.1) is 12.0 Å². The van der Waals surface area contributed by atoms with Crippen LogP contribution in [0, 0.1) is 5.92 Å². The number of likely N-dealkylation sites (tertiary alicyclic amines) is 1. The van der Waals surface area contributed by atoms with Crippen LogP contribution < -0.4 is 10.6 Å². The van der Waals surface area contributed by atoms with Crippen LogP contribution in [0.4, 0.5) is 0 Å². The Morgan fingerprint density at radius 2 is 1.54 bits per heavy atom. The van der Waals surface area contributed by atoms with Crippen molar-refractivity contribution in [3.63, 3.8) is 0 Å². The molecule has 1 saturated heterocycles. The molecule has 0 unspecified atom stereocenters. The number of benzene rings is 3. The minimum Gasteiger partial charge on any atom is -0.355 e. The summed E-state index contributed by atoms with van der Waals surface area (Å²) >= 11 is 6.19. The minimum atomic E-state index is -0.512. The second-order valence-corrected chi connectivity index (χ2v) is 11.6. The number of ketones is 1. The molecule has 1 aliphatic heterocycles. The molecule has 0 aromatic heterocycles. The Morgan fingerprint density at radius 1 is 0.897 bits per heavy atom. The quantitative estimate of drug-likeness (QED) is 0.352. The molecule has 2 fully saturated rings. The normalized spacial score (nSPS) is 22.3. The van der Waals surface area contributed by atoms with Gasteiger partial charge in [0.2, 0.25) is 5.91 Å². The molecule has 5 rings (SSSR count). The van der Waals surface area contributed by atoms with E-state index in [0.29, 0.717) is 18.1 Å². The van der Waals surface area contributed by atoms with Gasteiger partial charge in [0, 0.05) is 36.7 Å². The molecule has 0 radical (unpaired) electrons. The van der Waals surface area contributed by atoms with Crippen molar-refractivity contribution in [2.24, 2.45) is 5.92 Å². The molecule has 1 saturated carbocycles. The molecule has 6 heteroatoms. The summed E-state index contributed by atoms with van der Waals surface area (Å²) in [7, 11) is 0. The lowest BCUT2D eigenvalue weighted by Gasteiger charge is -2.43. The summed E-state index contributed by atoms with van der Waals surface area (Å²) in [6.07, 6.45) is 3.51. The zero-order valence-electron chi connectivity index (χ0n) is 22.7. The molecule has 1 amide bonds. The Morgan fingerprint density at radius 3 is 2.18 bits per heavy atom. The van der Waals surface area contributed by atoms with Gasteiger partial charge in [0.15, 0.2) is 0 Å². The standard InChI is InChI=1S/C33H38ClN3O2/c1-25(38)23-36-32(27-10-6-3-7-11-27)17-20-37(21-18-32)24-29-22-33(29,28-12-14-30(34)15-13-28)31(39)35-19-16-26-8-4-2-5-9-26/h2-15,29,36H,16-24H2,1H3,(H,35,39)/t29-,33+/m0/s1. The predicted octanol–water partition coefficient (Wildman–Crippen LogP) is 5.13. The lowest BCUT2D eigenvalue weighted by Crippen LogP contribution is -2.52. The highest BCUT2D eigenvalue weighted by Gasteiger charge is 2.61. The minimum absolute atomic E-state index is 0.115. The smallest absolute Gasteiger partial charge is 0.231 e. The van der Waals surface area contributed by atoms with Gasteiger partial charge < -0.3 is 15.5 Å². The van der Waals surface area contributed by atoms with Crippen LogP contribution >= 0.6 is 11.6 Å². The first-order valence-corrected chi connectivity index (χ1v) is 14.4. The molecule has 204 valence electrons. The van der Waals surface area contributed by atoms with Gasteiger partial charge >= 0.3 is 0 Å². The first-order valence-electron chi connectivity index (χ1n) is 14.0. The second kappa shape index (κ2) is 12.0. The first kappa shape index (κ1) is 27.6. The van der Waals surface area contributed by atoms with Crippen molar-refractivity contribution < 1.29 is 9.59 Å². The summed E-state index contributed by atoms with van der Waals surface area (Å²) in [6, 6.07) is 28.6. The Bertz CT molecular complexity index is 1260. The van der Waals surface area contributed by atoms with E-state index >= 15 is 0 Å². The summed E-state index contributed by atoms with van der Waals surface area (Å²) in [4.78, 5) is 28.0. The molecule has 2 aliphatic rings. The van der Waals surface area contributed by atoms with Crippen molar-refractivity contribution >= 4 is 23.3 Å². The lowest BCUT2D eigenvalue weighted by molar-refractivity contribution is -0.124. The molecule has 3 aromatic rings. The largest absolute Gasteiger partial charge is 0.355 e. The lowest BCUT2D eigenvalue weighted by atomic mass is 9.80. The molecule has 0 spiro atoms. The molecular weight excluding hydrogens is 506 g/mol. The van der Waals surface area contributed by atoms with E-state index in [1.165, 1.54) is 11.1 Å². The van der Waals surface area contributed by atoms with Crippen LogP contribution in [0.1, 0.15) is 42.9 Å². The van der Waals surface area contributed by atoms with Gasteiger partial charge in [-0.2, -0.15) is 0 Å². The number of carbonyl (C=O) groups is 2. The van der Waals surface area contributed by atoms with Crippen LogP contribution in [-0.2, 0) is 27.0 Å². The molecule has 39 heavy (non-hydrogen) atoms. The van der Waals surface area contributed by atoms with E-state index in [2.05, 4.69) is 51.9 Å². The van der Waals surface area contributed by atoms with Crippen LogP contribution in [0.3, 0.4) is 0 Å². The van der Waals surface area contributed by atoms with E-state index in [-0.39, 0.29) is 23.1 Å². The fourth-order valence-electron chi connectivity index (χ4n) is 6.23. The van der Waals surface area contributed by atoms with Crippen molar-refractivity contribution in [2.75, 3.05) is 32.7 Å². The molecule has 5 nitrogen and oxygen atoms in total. The number of hydrogen-bond donors (Lipinski definition) is 2. The zero-order valence-corrected chi connectivity index (χ0v) is 23.4. The van der Waals surface area contributed by atoms with Crippen molar-refractivity contribution in [1.29, 1.82) is 0 Å². The van der Waals surface area contributed by atoms with Crippen molar-refractivity contribution in [2.45, 2.75) is 43.6 Å². The fourth-order valence-corrected chi connectivity index (χ4v) is 6.36. The summed E-state index contributed by atoms with van der Waals surface area (Å²) in [5.41, 5.74) is 2.80. The van der Waals surface area contributed by atoms with E-state index in [1.54, 1.807) is 6.92 Å². The van der Waals surface area contributed by atoms with Crippen molar-refractivity contribution in [1.82, 2.24) is 15.5 Å². The van der Waals surface area contributed by atoms with E-state index in [0.717, 1.165) is 50.9 Å². The highest BCUT2D eigenvalue weighted by atomic mass is 35.5. The first-order chi connectivity index (χ1) is 18.9. The number of hydrogen-bond acceptors (Lipinski definition) is 4. The number of rotatable bonds is 11. The number of nitrogens with one attached hydrogen (secondary N) is 2. The van der Waals surface area contributed by atoms with Gasteiger partial charge in [0.25, 0.3) is 0 Å². The van der Waals surface area contributed by atoms with Crippen LogP contribution in [0.5, 0.6) is 0 Å². The van der Waals surface area contributed by atoms with Crippen molar-refractivity contribution in [3.05, 3.63) is 107 Å². The number of carbonyl (C=O) groups excluding carboxylic acids is 2.